The SMILES string of the molecule is [2H]c1c([2H])c(-c2c3c([2H])c([2H])c([2H])c([2H])c3c(-c3c([2H])c([2H])c(-c4c([2H])c([2H])c5oc6c([2H])c([2H])c([2H])c([2H])c6c5c4[2H])c4c([2H])c([2H])c([2H])c([2H])c34)c3c([2H])c([2H])c([2H])c([2H])c23)c([2H])c([2H])c1-c1c([2H])c([2H])c([2H])c2c([2H])c([2H])c([2H])c([2H])c12. The highest BCUT2D eigenvalue weighted by molar-refractivity contribution is 6.24. The Morgan fingerprint density at radius 3 is 1.47 bits per heavy atom. The Hall–Kier alpha value is -6.96. The van der Waals surface area contributed by atoms with Crippen molar-refractivity contribution in [2.45, 2.75) is 0 Å². The second-order valence-electron chi connectivity index (χ2n) is 11.5. The van der Waals surface area contributed by atoms with Gasteiger partial charge in [-0.2, -0.15) is 0 Å². The van der Waals surface area contributed by atoms with E-state index in [1.54, 1.807) is 0 Å². The first-order valence-corrected chi connectivity index (χ1v) is 15.7. The van der Waals surface area contributed by atoms with Crippen LogP contribution in [0.4, 0.5) is 0 Å². The molecule has 1 aromatic heterocycles. The lowest BCUT2D eigenvalue weighted by Gasteiger charge is -2.20. The molecule has 0 aliphatic heterocycles. The van der Waals surface area contributed by atoms with Gasteiger partial charge in [-0.05, 0) is 106 Å². The number of hydrogen-bond acceptors (Lipinski definition) is 1. The van der Waals surface area contributed by atoms with Crippen molar-refractivity contribution >= 4 is 65.0 Å². The maximum Gasteiger partial charge on any atom is 0.135 e. The first-order valence-electron chi connectivity index (χ1n) is 31.7. The minimum atomic E-state index is -1.16. The number of hydrogen-bond donors (Lipinski definition) is 0. The Labute approximate surface area is 352 Å². The van der Waals surface area contributed by atoms with Crippen LogP contribution >= 0.6 is 0 Å². The summed E-state index contributed by atoms with van der Waals surface area (Å²) in [6.45, 7) is 0. The van der Waals surface area contributed by atoms with Crippen LogP contribution in [0, 0.1) is 0 Å². The Kier molecular flexibility index (Phi) is 2.68. The van der Waals surface area contributed by atoms with Gasteiger partial charge in [0, 0.05) is 10.8 Å². The maximum atomic E-state index is 9.95. The van der Waals surface area contributed by atoms with Gasteiger partial charge in [-0.3, -0.25) is 0 Å². The Morgan fingerprint density at radius 1 is 0.283 bits per heavy atom. The normalized spacial score (nSPS) is 20.2. The molecule has 0 spiro atoms. The number of furan rings is 1. The monoisotopic (exact) mass is 704 g/mol. The summed E-state index contributed by atoms with van der Waals surface area (Å²) in [4.78, 5) is 0. The average molecular weight is 705 g/mol. The zero-order valence-corrected chi connectivity index (χ0v) is 26.4. The molecule has 0 aliphatic carbocycles. The summed E-state index contributed by atoms with van der Waals surface area (Å²) in [7, 11) is 0. The van der Waals surface area contributed by atoms with Crippen LogP contribution in [0.2, 0.25) is 0 Å². The van der Waals surface area contributed by atoms with Gasteiger partial charge in [-0.1, -0.05) is 175 Å². The molecule has 10 aromatic carbocycles. The topological polar surface area (TPSA) is 13.1 Å². The van der Waals surface area contributed by atoms with Gasteiger partial charge in [-0.25, -0.2) is 0 Å². The van der Waals surface area contributed by atoms with Crippen LogP contribution in [0.15, 0.2) is 198 Å². The fourth-order valence-corrected chi connectivity index (χ4v) is 6.43. The third-order valence-corrected chi connectivity index (χ3v) is 8.70. The van der Waals surface area contributed by atoms with Gasteiger partial charge < -0.3 is 4.42 Å². The lowest BCUT2D eigenvalue weighted by Crippen LogP contribution is -1.92. The minimum Gasteiger partial charge on any atom is -0.456 e. The molecule has 0 N–H and O–H groups in total. The first-order chi connectivity index (χ1) is 39.6. The van der Waals surface area contributed by atoms with Crippen LogP contribution in [0.3, 0.4) is 0 Å². The van der Waals surface area contributed by atoms with Gasteiger partial charge in [0.25, 0.3) is 0 Å². The van der Waals surface area contributed by atoms with Crippen molar-refractivity contribution < 1.29 is 48.3 Å². The van der Waals surface area contributed by atoms with Crippen LogP contribution in [0.5, 0.6) is 0 Å². The van der Waals surface area contributed by atoms with Crippen LogP contribution in [-0.4, -0.2) is 0 Å². The van der Waals surface area contributed by atoms with Crippen LogP contribution in [-0.2, 0) is 0 Å². The first kappa shape index (κ1) is 12.0. The van der Waals surface area contributed by atoms with Crippen molar-refractivity contribution in [1.29, 1.82) is 0 Å². The van der Waals surface area contributed by atoms with Gasteiger partial charge in [0.1, 0.15) is 11.2 Å². The molecule has 1 heterocycles. The molecule has 246 valence electrons. The van der Waals surface area contributed by atoms with Gasteiger partial charge in [-0.15, -0.1) is 0 Å². The van der Waals surface area contributed by atoms with E-state index in [0.29, 0.717) is 0 Å². The second kappa shape index (κ2) is 11.8. The highest BCUT2D eigenvalue weighted by atomic mass is 16.3. The van der Waals surface area contributed by atoms with E-state index >= 15 is 0 Å². The Balaban J connectivity index is 1.38. The quantitative estimate of drug-likeness (QED) is 0.166. The molecule has 11 aromatic rings. The average Bonchev–Trinajstić information content (AvgIpc) is 2.40. The van der Waals surface area contributed by atoms with Crippen molar-refractivity contribution in [3.8, 4) is 44.5 Å². The standard InChI is InChI=1S/C52H32O/c1-2-14-37-33(12-1)13-11-22-38(37)34-24-26-35(27-25-34)51-43-18-5-7-20-45(43)52(46-21-8-6-19-44(46)51)47-30-29-39(40-15-3-4-16-41(40)47)36-28-31-50-48(32-36)42-17-9-10-23-49(42)53-50/h1-32H/i1D,2D,3D,4D,5D,6D,7D,8D,9D,10D,11D,12D,13D,14D,15D,16D,17D,18D,19D,20D,21D,22D,23D,24D,25D,26D,27D,28D,29D,30D,31D,32D. The number of fused-ring (bicyclic) bond motifs is 7. The predicted molar refractivity (Wildman–Crippen MR) is 225 cm³/mol. The van der Waals surface area contributed by atoms with E-state index < -0.39 is 303 Å². The lowest BCUT2D eigenvalue weighted by molar-refractivity contribution is 0.669. The molecular weight excluding hydrogens is 641 g/mol. The highest BCUT2D eigenvalue weighted by Crippen LogP contribution is 2.47. The second-order valence-corrected chi connectivity index (χ2v) is 11.5. The highest BCUT2D eigenvalue weighted by Gasteiger charge is 2.19. The van der Waals surface area contributed by atoms with Crippen LogP contribution in [0.1, 0.15) is 43.9 Å². The van der Waals surface area contributed by atoms with Gasteiger partial charge >= 0.3 is 0 Å². The largest absolute Gasteiger partial charge is 0.456 e. The summed E-state index contributed by atoms with van der Waals surface area (Å²) < 4.78 is 297. The van der Waals surface area contributed by atoms with E-state index in [2.05, 4.69) is 0 Å². The summed E-state index contributed by atoms with van der Waals surface area (Å²) in [5.41, 5.74) is -7.89. The van der Waals surface area contributed by atoms with Crippen LogP contribution in [0.25, 0.3) is 110 Å². The summed E-state index contributed by atoms with van der Waals surface area (Å²) in [6, 6.07) is -31.8. The minimum absolute atomic E-state index is 0.450. The molecule has 0 bridgehead atoms. The summed E-state index contributed by atoms with van der Waals surface area (Å²) >= 11 is 0. The molecule has 0 saturated carbocycles. The smallest absolute Gasteiger partial charge is 0.135 e. The molecular formula is C52H32O. The Morgan fingerprint density at radius 2 is 0.755 bits per heavy atom. The zero-order chi connectivity index (χ0) is 62.7. The van der Waals surface area contributed by atoms with Crippen molar-refractivity contribution in [2.75, 3.05) is 0 Å². The van der Waals surface area contributed by atoms with E-state index in [1.165, 1.54) is 0 Å². The van der Waals surface area contributed by atoms with Gasteiger partial charge in [0.05, 0.1) is 43.9 Å². The molecule has 0 radical (unpaired) electrons. The van der Waals surface area contributed by atoms with Crippen molar-refractivity contribution in [3.63, 3.8) is 0 Å². The molecule has 1 heteroatoms. The summed E-state index contributed by atoms with van der Waals surface area (Å²) in [5.74, 6) is 0. The molecule has 0 unspecified atom stereocenters. The van der Waals surface area contributed by atoms with Crippen LogP contribution < -0.4 is 0 Å². The molecule has 0 fully saturated rings. The third-order valence-electron chi connectivity index (χ3n) is 8.70. The molecule has 53 heavy (non-hydrogen) atoms. The molecule has 11 rings (SSSR count). The van der Waals surface area contributed by atoms with E-state index in [0.717, 1.165) is 0 Å². The van der Waals surface area contributed by atoms with E-state index in [1.807, 2.05) is 0 Å². The third kappa shape index (κ3) is 4.64. The van der Waals surface area contributed by atoms with Crippen molar-refractivity contribution in [2.24, 2.45) is 0 Å². The fraction of sp³-hybridized carbons (Fsp3) is 0. The number of para-hydroxylation sites is 1. The van der Waals surface area contributed by atoms with Crippen molar-refractivity contribution in [3.05, 3.63) is 193 Å². The summed E-state index contributed by atoms with van der Waals surface area (Å²) in [5, 5.41) is -7.28. The van der Waals surface area contributed by atoms with E-state index in [4.69, 9.17) is 29.1 Å². The van der Waals surface area contributed by atoms with E-state index in [-0.39, 0.29) is 0 Å². The van der Waals surface area contributed by atoms with Gasteiger partial charge in [0.15, 0.2) is 0 Å². The number of rotatable bonds is 4. The molecule has 0 amide bonds. The predicted octanol–water partition coefficient (Wildman–Crippen LogP) is 14.9. The fourth-order valence-electron chi connectivity index (χ4n) is 6.43. The summed E-state index contributed by atoms with van der Waals surface area (Å²) in [6.07, 6.45) is 0. The molecule has 0 aliphatic rings. The molecule has 0 saturated heterocycles. The van der Waals surface area contributed by atoms with Gasteiger partial charge in [0.2, 0.25) is 0 Å². The number of benzene rings is 10. The van der Waals surface area contributed by atoms with E-state index in [9.17, 15) is 19.2 Å². The Bertz CT molecular complexity index is 4960. The lowest BCUT2D eigenvalue weighted by atomic mass is 9.83. The molecule has 0 atom stereocenters. The molecule has 1 nitrogen and oxygen atoms in total. The van der Waals surface area contributed by atoms with Crippen molar-refractivity contribution in [1.82, 2.24) is 0 Å². The maximum absolute atomic E-state index is 9.95. The zero-order valence-electron chi connectivity index (χ0n) is 58.4.